The van der Waals surface area contributed by atoms with Crippen molar-refractivity contribution in [1.29, 1.82) is 0 Å². The minimum absolute atomic E-state index is 0. The third kappa shape index (κ3) is 6.12. The zero-order chi connectivity index (χ0) is 16.1. The molecule has 2 fully saturated rings. The van der Waals surface area contributed by atoms with E-state index in [1.165, 1.54) is 5.56 Å². The average Bonchev–Trinajstić information content (AvgIpc) is 2.63. The smallest absolute Gasteiger partial charge is 0.228 e. The Labute approximate surface area is 162 Å². The lowest BCUT2D eigenvalue weighted by atomic mass is 9.98. The second-order valence-corrected chi connectivity index (χ2v) is 6.48. The topological polar surface area (TPSA) is 53.6 Å². The molecule has 1 aromatic rings. The summed E-state index contributed by atoms with van der Waals surface area (Å²) in [6.45, 7) is 7.63. The summed E-state index contributed by atoms with van der Waals surface area (Å²) in [5.41, 5.74) is 2.17. The quantitative estimate of drug-likeness (QED) is 0.830. The van der Waals surface area contributed by atoms with Crippen LogP contribution in [0.3, 0.4) is 0 Å². The van der Waals surface area contributed by atoms with Crippen LogP contribution in [-0.2, 0) is 9.53 Å². The van der Waals surface area contributed by atoms with Gasteiger partial charge in [-0.15, -0.1) is 24.8 Å². The standard InChI is InChI=1S/C18H27N3O2.2ClH/c1-14(21-9-11-23-12-10-21)15-4-6-17(7-5-15)20-18(22)16-3-2-8-19-13-16;;/h4-7,14,16,19H,2-3,8-13H2,1H3,(H,20,22);2*1H. The normalized spacial score (nSPS) is 22.2. The van der Waals surface area contributed by atoms with Crippen LogP contribution in [0.4, 0.5) is 5.69 Å². The van der Waals surface area contributed by atoms with Crippen LogP contribution >= 0.6 is 24.8 Å². The van der Waals surface area contributed by atoms with E-state index in [4.69, 9.17) is 4.74 Å². The molecule has 2 aliphatic rings. The molecule has 7 heteroatoms. The number of morpholine rings is 1. The maximum absolute atomic E-state index is 12.3. The molecule has 2 saturated heterocycles. The highest BCUT2D eigenvalue weighted by Gasteiger charge is 2.21. The summed E-state index contributed by atoms with van der Waals surface area (Å²) in [5.74, 6) is 0.224. The van der Waals surface area contributed by atoms with E-state index in [9.17, 15) is 4.79 Å². The van der Waals surface area contributed by atoms with Gasteiger partial charge < -0.3 is 15.4 Å². The number of nitrogens with zero attached hydrogens (tertiary/aromatic N) is 1. The zero-order valence-corrected chi connectivity index (χ0v) is 16.3. The van der Waals surface area contributed by atoms with Crippen molar-refractivity contribution in [3.8, 4) is 0 Å². The summed E-state index contributed by atoms with van der Waals surface area (Å²) in [4.78, 5) is 14.7. The number of hydrogen-bond donors (Lipinski definition) is 2. The van der Waals surface area contributed by atoms with Crippen molar-refractivity contribution >= 4 is 36.4 Å². The van der Waals surface area contributed by atoms with Gasteiger partial charge in [-0.3, -0.25) is 9.69 Å². The van der Waals surface area contributed by atoms with Gasteiger partial charge in [0.15, 0.2) is 0 Å². The molecule has 3 rings (SSSR count). The van der Waals surface area contributed by atoms with Crippen LogP contribution in [0.5, 0.6) is 0 Å². The molecule has 0 spiro atoms. The van der Waals surface area contributed by atoms with Gasteiger partial charge in [0.05, 0.1) is 19.1 Å². The van der Waals surface area contributed by atoms with Crippen LogP contribution in [0.1, 0.15) is 31.4 Å². The number of ether oxygens (including phenoxy) is 1. The molecule has 0 bridgehead atoms. The highest BCUT2D eigenvalue weighted by Crippen LogP contribution is 2.23. The third-order valence-corrected chi connectivity index (χ3v) is 4.92. The fourth-order valence-electron chi connectivity index (χ4n) is 3.34. The minimum atomic E-state index is 0. The molecule has 2 aliphatic heterocycles. The number of anilines is 1. The molecule has 0 saturated carbocycles. The van der Waals surface area contributed by atoms with Crippen LogP contribution in [-0.4, -0.2) is 50.2 Å². The highest BCUT2D eigenvalue weighted by atomic mass is 35.5. The molecule has 0 radical (unpaired) electrons. The van der Waals surface area contributed by atoms with Crippen LogP contribution in [0.2, 0.25) is 0 Å². The first kappa shape index (κ1) is 22.2. The maximum Gasteiger partial charge on any atom is 0.228 e. The number of amides is 1. The van der Waals surface area contributed by atoms with Gasteiger partial charge >= 0.3 is 0 Å². The monoisotopic (exact) mass is 389 g/mol. The first-order chi connectivity index (χ1) is 11.2. The third-order valence-electron chi connectivity index (χ3n) is 4.92. The Bertz CT molecular complexity index is 516. The Hall–Kier alpha value is -0.850. The van der Waals surface area contributed by atoms with E-state index in [-0.39, 0.29) is 36.6 Å². The maximum atomic E-state index is 12.3. The minimum Gasteiger partial charge on any atom is -0.379 e. The predicted molar refractivity (Wildman–Crippen MR) is 106 cm³/mol. The largest absolute Gasteiger partial charge is 0.379 e. The van der Waals surface area contributed by atoms with Crippen molar-refractivity contribution in [1.82, 2.24) is 10.2 Å². The zero-order valence-electron chi connectivity index (χ0n) is 14.7. The summed E-state index contributed by atoms with van der Waals surface area (Å²) in [6, 6.07) is 8.65. The molecule has 25 heavy (non-hydrogen) atoms. The molecule has 142 valence electrons. The molecule has 2 N–H and O–H groups in total. The van der Waals surface area contributed by atoms with Crippen molar-refractivity contribution in [3.05, 3.63) is 29.8 Å². The van der Waals surface area contributed by atoms with E-state index in [0.29, 0.717) is 6.04 Å². The Balaban J connectivity index is 0.00000156. The van der Waals surface area contributed by atoms with E-state index in [1.807, 2.05) is 12.1 Å². The number of hydrogen-bond acceptors (Lipinski definition) is 4. The van der Waals surface area contributed by atoms with Gasteiger partial charge in [0, 0.05) is 31.4 Å². The Morgan fingerprint density at radius 3 is 2.52 bits per heavy atom. The highest BCUT2D eigenvalue weighted by molar-refractivity contribution is 5.92. The van der Waals surface area contributed by atoms with E-state index in [1.54, 1.807) is 0 Å². The lowest BCUT2D eigenvalue weighted by molar-refractivity contribution is -0.120. The Morgan fingerprint density at radius 2 is 1.92 bits per heavy atom. The van der Waals surface area contributed by atoms with Gasteiger partial charge in [-0.1, -0.05) is 12.1 Å². The number of nitrogens with one attached hydrogen (secondary N) is 2. The average molecular weight is 390 g/mol. The molecule has 2 atom stereocenters. The van der Waals surface area contributed by atoms with Crippen molar-refractivity contribution in [2.75, 3.05) is 44.7 Å². The van der Waals surface area contributed by atoms with Gasteiger partial charge in [0.25, 0.3) is 0 Å². The lowest BCUT2D eigenvalue weighted by Gasteiger charge is -2.32. The van der Waals surface area contributed by atoms with Crippen LogP contribution < -0.4 is 10.6 Å². The summed E-state index contributed by atoms with van der Waals surface area (Å²) < 4.78 is 5.41. The lowest BCUT2D eigenvalue weighted by Crippen LogP contribution is -2.38. The molecule has 1 amide bonds. The molecular weight excluding hydrogens is 361 g/mol. The molecule has 2 heterocycles. The van der Waals surface area contributed by atoms with Crippen molar-refractivity contribution in [3.63, 3.8) is 0 Å². The molecular formula is C18H29Cl2N3O2. The first-order valence-electron chi connectivity index (χ1n) is 8.67. The number of carbonyl (C=O) groups is 1. The van der Waals surface area contributed by atoms with Crippen LogP contribution in [0.15, 0.2) is 24.3 Å². The van der Waals surface area contributed by atoms with Gasteiger partial charge in [-0.05, 0) is 44.0 Å². The molecule has 0 aliphatic carbocycles. The first-order valence-corrected chi connectivity index (χ1v) is 8.67. The second-order valence-electron chi connectivity index (χ2n) is 6.48. The number of halogens is 2. The summed E-state index contributed by atoms with van der Waals surface area (Å²) in [6.07, 6.45) is 2.05. The Morgan fingerprint density at radius 1 is 1.24 bits per heavy atom. The van der Waals surface area contributed by atoms with Gasteiger partial charge in [-0.25, -0.2) is 0 Å². The van der Waals surface area contributed by atoms with Gasteiger partial charge in [-0.2, -0.15) is 0 Å². The number of rotatable bonds is 4. The predicted octanol–water partition coefficient (Wildman–Crippen LogP) is 2.86. The van der Waals surface area contributed by atoms with Gasteiger partial charge in [0.2, 0.25) is 5.91 Å². The molecule has 5 nitrogen and oxygen atoms in total. The molecule has 1 aromatic carbocycles. The van der Waals surface area contributed by atoms with Crippen molar-refractivity contribution in [2.45, 2.75) is 25.8 Å². The molecule has 0 aromatic heterocycles. The van der Waals surface area contributed by atoms with E-state index < -0.39 is 0 Å². The van der Waals surface area contributed by atoms with Crippen LogP contribution in [0, 0.1) is 5.92 Å². The van der Waals surface area contributed by atoms with E-state index in [0.717, 1.165) is 57.9 Å². The summed E-state index contributed by atoms with van der Waals surface area (Å²) in [7, 11) is 0. The fraction of sp³-hybridized carbons (Fsp3) is 0.611. The van der Waals surface area contributed by atoms with Crippen molar-refractivity contribution in [2.24, 2.45) is 5.92 Å². The Kier molecular flexibility index (Phi) is 9.75. The number of piperidine rings is 1. The van der Waals surface area contributed by atoms with Gasteiger partial charge in [0.1, 0.15) is 0 Å². The number of carbonyl (C=O) groups excluding carboxylic acids is 1. The SMILES string of the molecule is CC(c1ccc(NC(=O)C2CCCNC2)cc1)N1CCOCC1.Cl.Cl. The fourth-order valence-corrected chi connectivity index (χ4v) is 3.34. The summed E-state index contributed by atoms with van der Waals surface area (Å²) >= 11 is 0. The van der Waals surface area contributed by atoms with Crippen LogP contribution in [0.25, 0.3) is 0 Å². The summed E-state index contributed by atoms with van der Waals surface area (Å²) in [5, 5.41) is 6.33. The van der Waals surface area contributed by atoms with E-state index >= 15 is 0 Å². The molecule has 2 unspecified atom stereocenters. The van der Waals surface area contributed by atoms with Crippen molar-refractivity contribution < 1.29 is 9.53 Å². The number of benzene rings is 1. The van der Waals surface area contributed by atoms with E-state index in [2.05, 4.69) is 34.6 Å². The second kappa shape index (κ2) is 11.0.